The molecule has 0 radical (unpaired) electrons. The molecule has 7 heteroatoms. The molecule has 3 aliphatic rings. The third-order valence-corrected chi connectivity index (χ3v) is 7.56. The quantitative estimate of drug-likeness (QED) is 0.838. The van der Waals surface area contributed by atoms with Gasteiger partial charge in [0, 0.05) is 55.9 Å². The number of likely N-dealkylation sites (tertiary alicyclic amines) is 1. The van der Waals surface area contributed by atoms with E-state index in [1.165, 1.54) is 11.3 Å². The fourth-order valence-electron chi connectivity index (χ4n) is 4.77. The van der Waals surface area contributed by atoms with Crippen molar-refractivity contribution in [1.29, 1.82) is 0 Å². The fraction of sp³-hybridized carbons (Fsp3) is 0.591. The molecule has 1 amide bonds. The van der Waals surface area contributed by atoms with Crippen LogP contribution in [0.25, 0.3) is 0 Å². The van der Waals surface area contributed by atoms with Gasteiger partial charge in [0.15, 0.2) is 0 Å². The van der Waals surface area contributed by atoms with Crippen LogP contribution < -0.4 is 5.56 Å². The number of carbonyl (C=O) groups excluding carboxylic acids is 1. The van der Waals surface area contributed by atoms with E-state index in [1.54, 1.807) is 11.3 Å². The van der Waals surface area contributed by atoms with Crippen LogP contribution in [-0.4, -0.2) is 45.3 Å². The van der Waals surface area contributed by atoms with Gasteiger partial charge in [0.1, 0.15) is 5.82 Å². The van der Waals surface area contributed by atoms with Gasteiger partial charge in [-0.05, 0) is 37.1 Å². The minimum absolute atomic E-state index is 0.00308. The van der Waals surface area contributed by atoms with E-state index in [0.717, 1.165) is 68.8 Å². The molecule has 5 rings (SSSR count). The average Bonchev–Trinajstić information content (AvgIpc) is 3.20. The smallest absolute Gasteiger partial charge is 0.255 e. The number of H-pyrrole nitrogens is 1. The van der Waals surface area contributed by atoms with Gasteiger partial charge in [0.2, 0.25) is 5.91 Å². The van der Waals surface area contributed by atoms with Crippen molar-refractivity contribution < 1.29 is 4.79 Å². The van der Waals surface area contributed by atoms with Crippen LogP contribution in [0.2, 0.25) is 0 Å². The number of carbonyl (C=O) groups is 1. The molecule has 2 aromatic heterocycles. The van der Waals surface area contributed by atoms with Gasteiger partial charge < -0.3 is 9.88 Å². The average molecular weight is 413 g/mol. The number of aromatic nitrogens is 2. The standard InChI is InChI=1S/C22H28N4O2S/c27-21-18-14-25(13-17-7-3-11-29-17)10-8-19(18)23-20(24-21)16-6-2-9-26(12-16)22(28)15-4-1-5-15/h3,7,11,15-16H,1-2,4-6,8-10,12-14H2,(H,23,24,27). The van der Waals surface area contributed by atoms with Crippen LogP contribution in [0, 0.1) is 5.92 Å². The molecular formula is C22H28N4O2S. The molecular weight excluding hydrogens is 384 g/mol. The zero-order chi connectivity index (χ0) is 19.8. The van der Waals surface area contributed by atoms with E-state index in [1.807, 2.05) is 4.90 Å². The SMILES string of the molecule is O=C(C1CCC1)N1CCCC(c2nc3c(c(=O)[nH]2)CN(Cc2cccs2)CC3)C1. The predicted octanol–water partition coefficient (Wildman–Crippen LogP) is 2.90. The molecule has 1 atom stereocenters. The lowest BCUT2D eigenvalue weighted by Gasteiger charge is -2.37. The minimum Gasteiger partial charge on any atom is -0.342 e. The van der Waals surface area contributed by atoms with Crippen LogP contribution in [0.1, 0.15) is 60.0 Å². The normalized spacial score (nSPS) is 22.9. The van der Waals surface area contributed by atoms with Crippen LogP contribution in [0.5, 0.6) is 0 Å². The van der Waals surface area contributed by atoms with Gasteiger partial charge in [-0.15, -0.1) is 11.3 Å². The van der Waals surface area contributed by atoms with Gasteiger partial charge in [-0.3, -0.25) is 14.5 Å². The maximum Gasteiger partial charge on any atom is 0.255 e. The summed E-state index contributed by atoms with van der Waals surface area (Å²) in [5, 5.41) is 2.09. The summed E-state index contributed by atoms with van der Waals surface area (Å²) in [6, 6.07) is 4.22. The number of piperidine rings is 1. The number of nitrogens with zero attached hydrogens (tertiary/aromatic N) is 3. The molecule has 1 aliphatic carbocycles. The lowest BCUT2D eigenvalue weighted by molar-refractivity contribution is -0.139. The number of nitrogens with one attached hydrogen (secondary N) is 1. The van der Waals surface area contributed by atoms with E-state index in [4.69, 9.17) is 4.98 Å². The number of hydrogen-bond donors (Lipinski definition) is 1. The number of thiophene rings is 1. The minimum atomic E-state index is 0.00308. The van der Waals surface area contributed by atoms with Crippen molar-refractivity contribution >= 4 is 17.2 Å². The van der Waals surface area contributed by atoms with E-state index in [9.17, 15) is 9.59 Å². The van der Waals surface area contributed by atoms with Gasteiger partial charge in [-0.25, -0.2) is 4.98 Å². The lowest BCUT2D eigenvalue weighted by atomic mass is 9.83. The lowest BCUT2D eigenvalue weighted by Crippen LogP contribution is -2.44. The Labute approximate surface area is 175 Å². The first-order chi connectivity index (χ1) is 14.2. The maximum absolute atomic E-state index is 12.9. The van der Waals surface area contributed by atoms with Gasteiger partial charge in [0.25, 0.3) is 5.56 Å². The second-order valence-corrected chi connectivity index (χ2v) is 9.70. The highest BCUT2D eigenvalue weighted by molar-refractivity contribution is 7.09. The summed E-state index contributed by atoms with van der Waals surface area (Å²) < 4.78 is 0. The summed E-state index contributed by atoms with van der Waals surface area (Å²) in [5.41, 5.74) is 1.77. The molecule has 29 heavy (non-hydrogen) atoms. The van der Waals surface area contributed by atoms with Crippen molar-refractivity contribution in [1.82, 2.24) is 19.8 Å². The van der Waals surface area contributed by atoms with Crippen LogP contribution in [0.15, 0.2) is 22.3 Å². The van der Waals surface area contributed by atoms with Crippen LogP contribution in [0.4, 0.5) is 0 Å². The first kappa shape index (κ1) is 19.0. The van der Waals surface area contributed by atoms with E-state index >= 15 is 0 Å². The Morgan fingerprint density at radius 1 is 1.24 bits per heavy atom. The van der Waals surface area contributed by atoms with Crippen LogP contribution in [0.3, 0.4) is 0 Å². The third kappa shape index (κ3) is 3.90. The molecule has 154 valence electrons. The Morgan fingerprint density at radius 2 is 2.14 bits per heavy atom. The predicted molar refractivity (Wildman–Crippen MR) is 113 cm³/mol. The first-order valence-electron chi connectivity index (χ1n) is 10.8. The molecule has 0 aromatic carbocycles. The fourth-order valence-corrected chi connectivity index (χ4v) is 5.51. The first-order valence-corrected chi connectivity index (χ1v) is 11.7. The molecule has 1 saturated heterocycles. The molecule has 1 N–H and O–H groups in total. The van der Waals surface area contributed by atoms with Crippen molar-refractivity contribution in [2.24, 2.45) is 5.92 Å². The Balaban J connectivity index is 1.30. The third-order valence-electron chi connectivity index (χ3n) is 6.70. The summed E-state index contributed by atoms with van der Waals surface area (Å²) in [6.45, 7) is 4.02. The summed E-state index contributed by atoms with van der Waals surface area (Å²) in [7, 11) is 0. The monoisotopic (exact) mass is 412 g/mol. The molecule has 0 bridgehead atoms. The van der Waals surface area contributed by atoms with Crippen molar-refractivity contribution in [2.75, 3.05) is 19.6 Å². The second-order valence-electron chi connectivity index (χ2n) is 8.67. The topological polar surface area (TPSA) is 69.3 Å². The van der Waals surface area contributed by atoms with Crippen LogP contribution in [-0.2, 0) is 24.3 Å². The molecule has 0 spiro atoms. The highest BCUT2D eigenvalue weighted by atomic mass is 32.1. The number of aromatic amines is 1. The molecule has 4 heterocycles. The Bertz CT molecular complexity index is 935. The number of fused-ring (bicyclic) bond motifs is 1. The van der Waals surface area contributed by atoms with Gasteiger partial charge in [-0.1, -0.05) is 12.5 Å². The summed E-state index contributed by atoms with van der Waals surface area (Å²) in [4.78, 5) is 39.1. The van der Waals surface area contributed by atoms with E-state index in [0.29, 0.717) is 19.0 Å². The molecule has 2 aliphatic heterocycles. The van der Waals surface area contributed by atoms with Crippen molar-refractivity contribution in [3.8, 4) is 0 Å². The van der Waals surface area contributed by atoms with Gasteiger partial charge in [-0.2, -0.15) is 0 Å². The number of hydrogen-bond acceptors (Lipinski definition) is 5. The summed E-state index contributed by atoms with van der Waals surface area (Å²) in [6.07, 6.45) is 6.04. The molecule has 6 nitrogen and oxygen atoms in total. The summed E-state index contributed by atoms with van der Waals surface area (Å²) >= 11 is 1.76. The molecule has 1 saturated carbocycles. The molecule has 2 fully saturated rings. The number of amides is 1. The Kier molecular flexibility index (Phi) is 5.26. The maximum atomic E-state index is 12.9. The van der Waals surface area contributed by atoms with E-state index in [2.05, 4.69) is 27.4 Å². The van der Waals surface area contributed by atoms with E-state index < -0.39 is 0 Å². The second kappa shape index (κ2) is 8.03. The van der Waals surface area contributed by atoms with Crippen molar-refractivity contribution in [3.63, 3.8) is 0 Å². The zero-order valence-corrected chi connectivity index (χ0v) is 17.5. The molecule has 2 aromatic rings. The van der Waals surface area contributed by atoms with Crippen molar-refractivity contribution in [2.45, 2.75) is 57.5 Å². The van der Waals surface area contributed by atoms with E-state index in [-0.39, 0.29) is 17.4 Å². The Morgan fingerprint density at radius 3 is 2.90 bits per heavy atom. The van der Waals surface area contributed by atoms with Crippen LogP contribution >= 0.6 is 11.3 Å². The van der Waals surface area contributed by atoms with Crippen molar-refractivity contribution in [3.05, 3.63) is 49.8 Å². The zero-order valence-electron chi connectivity index (χ0n) is 16.7. The number of rotatable bonds is 4. The van der Waals surface area contributed by atoms with Gasteiger partial charge in [0.05, 0.1) is 11.3 Å². The summed E-state index contributed by atoms with van der Waals surface area (Å²) in [5.74, 6) is 1.48. The Hall–Kier alpha value is -1.99. The van der Waals surface area contributed by atoms with Gasteiger partial charge >= 0.3 is 0 Å². The highest BCUT2D eigenvalue weighted by Crippen LogP contribution is 2.32. The largest absolute Gasteiger partial charge is 0.342 e. The highest BCUT2D eigenvalue weighted by Gasteiger charge is 2.33. The molecule has 1 unspecified atom stereocenters.